The minimum absolute atomic E-state index is 0.127. The van der Waals surface area contributed by atoms with Crippen LogP contribution in [0.1, 0.15) is 43.0 Å². The van der Waals surface area contributed by atoms with Crippen LogP contribution in [-0.2, 0) is 12.0 Å². The lowest BCUT2D eigenvalue weighted by atomic mass is 9.81. The van der Waals surface area contributed by atoms with Crippen molar-refractivity contribution in [3.63, 3.8) is 0 Å². The lowest BCUT2D eigenvalue weighted by Crippen LogP contribution is -2.16. The molecule has 10 rings (SSSR count). The van der Waals surface area contributed by atoms with E-state index in [4.69, 9.17) is 9.98 Å². The van der Waals surface area contributed by atoms with Crippen LogP contribution < -0.4 is 0 Å². The first kappa shape index (κ1) is 31.2. The third-order valence-corrected chi connectivity index (χ3v) is 11.2. The molecule has 53 heavy (non-hydrogen) atoms. The van der Waals surface area contributed by atoms with Gasteiger partial charge in [-0.2, -0.15) is 0 Å². The molecule has 0 aliphatic heterocycles. The molecule has 0 bridgehead atoms. The molecule has 2 heterocycles. The van der Waals surface area contributed by atoms with Crippen LogP contribution in [0.25, 0.3) is 60.4 Å². The number of benzene rings is 7. The molecule has 4 nitrogen and oxygen atoms in total. The van der Waals surface area contributed by atoms with Gasteiger partial charge in [0.2, 0.25) is 0 Å². The quantitative estimate of drug-likeness (QED) is 0.131. The summed E-state index contributed by atoms with van der Waals surface area (Å²) in [5.41, 5.74) is 13.4. The number of amidine groups is 1. The predicted octanol–water partition coefficient (Wildman–Crippen LogP) is 12.1. The van der Waals surface area contributed by atoms with Crippen molar-refractivity contribution in [2.75, 3.05) is 0 Å². The highest BCUT2D eigenvalue weighted by atomic mass is 15.1. The van der Waals surface area contributed by atoms with Crippen LogP contribution in [0.15, 0.2) is 174 Å². The van der Waals surface area contributed by atoms with E-state index in [0.717, 1.165) is 33.7 Å². The maximum absolute atomic E-state index is 5.22. The number of hydrogen-bond donors (Lipinski definition) is 0. The number of nitrogens with zero attached hydrogens (tertiary/aromatic N) is 4. The summed E-state index contributed by atoms with van der Waals surface area (Å²) in [5, 5.41) is 5.00. The molecule has 0 fully saturated rings. The summed E-state index contributed by atoms with van der Waals surface area (Å²) in [4.78, 5) is 10.4. The van der Waals surface area contributed by atoms with E-state index >= 15 is 0 Å². The van der Waals surface area contributed by atoms with Gasteiger partial charge < -0.3 is 4.57 Å². The summed E-state index contributed by atoms with van der Waals surface area (Å²) >= 11 is 0. The minimum Gasteiger partial charge on any atom is -0.309 e. The van der Waals surface area contributed by atoms with Crippen LogP contribution in [0.3, 0.4) is 0 Å². The molecular weight excluding hydrogens is 645 g/mol. The number of aromatic nitrogens is 2. The van der Waals surface area contributed by atoms with Gasteiger partial charge in [-0.1, -0.05) is 147 Å². The second kappa shape index (κ2) is 12.0. The summed E-state index contributed by atoms with van der Waals surface area (Å²) in [7, 11) is 0. The molecule has 1 aliphatic rings. The smallest absolute Gasteiger partial charge is 0.156 e. The van der Waals surface area contributed by atoms with Crippen molar-refractivity contribution in [2.45, 2.75) is 32.7 Å². The van der Waals surface area contributed by atoms with E-state index < -0.39 is 0 Å². The monoisotopic (exact) mass is 682 g/mol. The first-order chi connectivity index (χ1) is 26.0. The van der Waals surface area contributed by atoms with E-state index in [0.29, 0.717) is 12.4 Å². The molecule has 0 radical (unpaired) electrons. The van der Waals surface area contributed by atoms with Crippen LogP contribution >= 0.6 is 0 Å². The molecular formula is C49H38N4. The van der Waals surface area contributed by atoms with Gasteiger partial charge in [0.05, 0.1) is 28.6 Å². The lowest BCUT2D eigenvalue weighted by molar-refractivity contribution is 0.664. The second-order valence-electron chi connectivity index (χ2n) is 14.6. The fourth-order valence-electron chi connectivity index (χ4n) is 8.75. The summed E-state index contributed by atoms with van der Waals surface area (Å²) in [6.45, 7) is 7.33. The SMILES string of the molecule is CC(=NC(=NCc1ccc(-n2c3ccccc3c3ccc4c(c32)C(C)(C)c2ccccc2-4)cc1)c1ccccc1)n1c2ccccc2c2ccccc21. The highest BCUT2D eigenvalue weighted by Crippen LogP contribution is 2.52. The Morgan fingerprint density at radius 3 is 1.83 bits per heavy atom. The molecule has 0 saturated heterocycles. The molecule has 0 amide bonds. The topological polar surface area (TPSA) is 34.6 Å². The van der Waals surface area contributed by atoms with Gasteiger partial charge in [-0.05, 0) is 65.1 Å². The molecule has 0 saturated carbocycles. The van der Waals surface area contributed by atoms with Gasteiger partial charge in [-0.25, -0.2) is 4.99 Å². The Balaban J connectivity index is 1.06. The Kier molecular flexibility index (Phi) is 7.09. The van der Waals surface area contributed by atoms with Crippen LogP contribution in [0, 0.1) is 0 Å². The zero-order chi connectivity index (χ0) is 35.7. The van der Waals surface area contributed by atoms with Gasteiger partial charge >= 0.3 is 0 Å². The van der Waals surface area contributed by atoms with E-state index in [2.05, 4.69) is 175 Å². The zero-order valence-electron chi connectivity index (χ0n) is 30.1. The molecule has 1 aliphatic carbocycles. The number of fused-ring (bicyclic) bond motifs is 10. The van der Waals surface area contributed by atoms with Gasteiger partial charge in [-0.15, -0.1) is 0 Å². The lowest BCUT2D eigenvalue weighted by Gasteiger charge is -2.23. The second-order valence-corrected chi connectivity index (χ2v) is 14.6. The van der Waals surface area contributed by atoms with Gasteiger partial charge in [0.25, 0.3) is 0 Å². The minimum atomic E-state index is -0.127. The average molecular weight is 683 g/mol. The van der Waals surface area contributed by atoms with Crippen molar-refractivity contribution in [1.29, 1.82) is 0 Å². The van der Waals surface area contributed by atoms with E-state index in [1.54, 1.807) is 0 Å². The average Bonchev–Trinajstić information content (AvgIpc) is 3.80. The van der Waals surface area contributed by atoms with Gasteiger partial charge in [0.15, 0.2) is 5.84 Å². The summed E-state index contributed by atoms with van der Waals surface area (Å²) in [5.74, 6) is 1.60. The van der Waals surface area contributed by atoms with Crippen molar-refractivity contribution < 1.29 is 0 Å². The third kappa shape index (κ3) is 4.83. The molecule has 7 aromatic carbocycles. The van der Waals surface area contributed by atoms with Crippen molar-refractivity contribution in [3.8, 4) is 16.8 Å². The van der Waals surface area contributed by atoms with Gasteiger partial charge in [0, 0.05) is 38.2 Å². The van der Waals surface area contributed by atoms with Crippen LogP contribution in [0.5, 0.6) is 0 Å². The highest BCUT2D eigenvalue weighted by molar-refractivity contribution is 6.16. The Morgan fingerprint density at radius 1 is 0.547 bits per heavy atom. The summed E-state index contributed by atoms with van der Waals surface area (Å²) in [6.07, 6.45) is 0. The molecule has 4 heteroatoms. The molecule has 9 aromatic rings. The maximum atomic E-state index is 5.22. The summed E-state index contributed by atoms with van der Waals surface area (Å²) in [6, 6.07) is 58.7. The number of aliphatic imine (C=N–C) groups is 2. The van der Waals surface area contributed by atoms with Crippen molar-refractivity contribution >= 4 is 55.3 Å². The number of para-hydroxylation sites is 3. The van der Waals surface area contributed by atoms with E-state index in [9.17, 15) is 0 Å². The Morgan fingerprint density at radius 2 is 1.13 bits per heavy atom. The standard InChI is InChI=1S/C49H38N4/c1-32(52-43-22-12-8-18-37(43)38-19-9-13-23-44(38)52)51-48(34-15-5-4-6-16-34)50-31-33-25-27-35(28-26-33)53-45-24-14-10-20-39(45)41-30-29-40-36-17-7-11-21-42(36)49(2,3)46(40)47(41)53/h4-30H,31H2,1-3H3. The highest BCUT2D eigenvalue weighted by Gasteiger charge is 2.38. The molecule has 0 atom stereocenters. The van der Waals surface area contributed by atoms with Crippen molar-refractivity contribution in [3.05, 3.63) is 186 Å². The first-order valence-corrected chi connectivity index (χ1v) is 18.4. The van der Waals surface area contributed by atoms with Crippen molar-refractivity contribution in [2.24, 2.45) is 9.98 Å². The van der Waals surface area contributed by atoms with Crippen LogP contribution in [0.2, 0.25) is 0 Å². The molecule has 0 spiro atoms. The normalized spacial score (nSPS) is 14.0. The molecule has 0 N–H and O–H groups in total. The van der Waals surface area contributed by atoms with Crippen LogP contribution in [0.4, 0.5) is 0 Å². The Bertz CT molecular complexity index is 2880. The largest absolute Gasteiger partial charge is 0.309 e. The molecule has 0 unspecified atom stereocenters. The maximum Gasteiger partial charge on any atom is 0.156 e. The number of hydrogen-bond acceptors (Lipinski definition) is 1. The molecule has 2 aromatic heterocycles. The van der Waals surface area contributed by atoms with Crippen molar-refractivity contribution in [1.82, 2.24) is 9.13 Å². The Labute approximate surface area is 309 Å². The first-order valence-electron chi connectivity index (χ1n) is 18.4. The zero-order valence-corrected chi connectivity index (χ0v) is 30.1. The van der Waals surface area contributed by atoms with E-state index in [-0.39, 0.29) is 5.41 Å². The van der Waals surface area contributed by atoms with E-state index in [1.165, 1.54) is 54.8 Å². The van der Waals surface area contributed by atoms with Gasteiger partial charge in [-0.3, -0.25) is 9.56 Å². The fourth-order valence-corrected chi connectivity index (χ4v) is 8.75. The van der Waals surface area contributed by atoms with Gasteiger partial charge in [0.1, 0.15) is 5.84 Å². The third-order valence-electron chi connectivity index (χ3n) is 11.2. The molecule has 254 valence electrons. The van der Waals surface area contributed by atoms with Crippen LogP contribution in [-0.4, -0.2) is 20.8 Å². The van der Waals surface area contributed by atoms with E-state index in [1.807, 2.05) is 18.2 Å². The Hall–Kier alpha value is -6.52. The number of rotatable bonds is 4. The summed E-state index contributed by atoms with van der Waals surface area (Å²) < 4.78 is 4.72. The predicted molar refractivity (Wildman–Crippen MR) is 223 cm³/mol. The fraction of sp³-hybridized carbons (Fsp3) is 0.102.